The monoisotopic (exact) mass is 356 g/mol. The summed E-state index contributed by atoms with van der Waals surface area (Å²) < 4.78 is 17.4. The minimum atomic E-state index is -0.301. The molecule has 1 amide bonds. The summed E-state index contributed by atoms with van der Waals surface area (Å²) in [4.78, 5) is 18.8. The quantitative estimate of drug-likeness (QED) is 0.824. The molecule has 2 aliphatic rings. The number of hydrogen-bond donors (Lipinski definition) is 0. The lowest BCUT2D eigenvalue weighted by Crippen LogP contribution is -2.56. The first kappa shape index (κ1) is 17.2. The maximum atomic E-state index is 12.6. The Morgan fingerprint density at radius 2 is 2.31 bits per heavy atom. The molecule has 6 nitrogen and oxygen atoms in total. The van der Waals surface area contributed by atoms with E-state index >= 15 is 0 Å². The largest absolute Gasteiger partial charge is 0.459 e. The third-order valence-electron chi connectivity index (χ3n) is 5.42. The van der Waals surface area contributed by atoms with Crippen molar-refractivity contribution < 1.29 is 18.7 Å². The highest BCUT2D eigenvalue weighted by Crippen LogP contribution is 2.41. The van der Waals surface area contributed by atoms with Crippen molar-refractivity contribution in [2.24, 2.45) is 5.92 Å². The van der Waals surface area contributed by atoms with E-state index in [-0.39, 0.29) is 11.5 Å². The van der Waals surface area contributed by atoms with Crippen LogP contribution in [0.3, 0.4) is 0 Å². The second-order valence-corrected chi connectivity index (χ2v) is 7.04. The van der Waals surface area contributed by atoms with Crippen LogP contribution in [-0.4, -0.2) is 47.7 Å². The molecular formula is C20H24N2O4. The summed E-state index contributed by atoms with van der Waals surface area (Å²) in [5.74, 6) is 0.624. The van der Waals surface area contributed by atoms with Gasteiger partial charge < -0.3 is 18.8 Å². The smallest absolute Gasteiger partial charge is 0.289 e. The highest BCUT2D eigenvalue weighted by molar-refractivity contribution is 5.91. The van der Waals surface area contributed by atoms with E-state index in [2.05, 4.69) is 4.98 Å². The van der Waals surface area contributed by atoms with Gasteiger partial charge in [0.1, 0.15) is 0 Å². The summed E-state index contributed by atoms with van der Waals surface area (Å²) in [7, 11) is 0. The van der Waals surface area contributed by atoms with E-state index in [1.54, 1.807) is 18.3 Å². The van der Waals surface area contributed by atoms with E-state index in [1.165, 1.54) is 6.26 Å². The van der Waals surface area contributed by atoms with Gasteiger partial charge in [0, 0.05) is 18.7 Å². The zero-order valence-electron chi connectivity index (χ0n) is 14.8. The first-order chi connectivity index (χ1) is 12.8. The molecule has 2 atom stereocenters. The Morgan fingerprint density at radius 1 is 1.35 bits per heavy atom. The van der Waals surface area contributed by atoms with Crippen molar-refractivity contribution in [3.63, 3.8) is 0 Å². The molecule has 0 N–H and O–H groups in total. The van der Waals surface area contributed by atoms with Crippen molar-refractivity contribution in [2.45, 2.75) is 31.5 Å². The Labute approximate surface area is 153 Å². The maximum absolute atomic E-state index is 12.6. The minimum absolute atomic E-state index is 0.0577. The van der Waals surface area contributed by atoms with Crippen LogP contribution in [0.25, 0.3) is 0 Å². The number of furan rings is 1. The molecule has 1 spiro atoms. The highest BCUT2D eigenvalue weighted by atomic mass is 16.5. The van der Waals surface area contributed by atoms with Crippen molar-refractivity contribution >= 4 is 5.91 Å². The molecule has 26 heavy (non-hydrogen) atoms. The molecule has 1 saturated heterocycles. The first-order valence-electron chi connectivity index (χ1n) is 9.21. The second kappa shape index (κ2) is 7.60. The third-order valence-corrected chi connectivity index (χ3v) is 5.42. The molecule has 138 valence electrons. The standard InChI is InChI=1S/C20H24N2O4/c23-19(18-7-4-11-25-18)22-10-12-26-20(15-22)8-3-5-16(20)13-24-14-17-6-1-2-9-21-17/h1-2,4,6-7,9,11,16H,3,5,8,10,12-15H2/t16-,20+/m0/s1. The van der Waals surface area contributed by atoms with Crippen molar-refractivity contribution in [1.29, 1.82) is 0 Å². The lowest BCUT2D eigenvalue weighted by molar-refractivity contribution is -0.134. The summed E-state index contributed by atoms with van der Waals surface area (Å²) in [5, 5.41) is 0. The van der Waals surface area contributed by atoms with Crippen LogP contribution in [0.15, 0.2) is 47.2 Å². The molecule has 1 aliphatic heterocycles. The Kier molecular flexibility index (Phi) is 5.04. The highest BCUT2D eigenvalue weighted by Gasteiger charge is 2.48. The molecule has 0 bridgehead atoms. The van der Waals surface area contributed by atoms with Crippen LogP contribution in [0.2, 0.25) is 0 Å². The summed E-state index contributed by atoms with van der Waals surface area (Å²) in [6.45, 7) is 2.89. The van der Waals surface area contributed by atoms with Gasteiger partial charge in [0.2, 0.25) is 0 Å². The summed E-state index contributed by atoms with van der Waals surface area (Å²) in [5.41, 5.74) is 0.628. The molecular weight excluding hydrogens is 332 g/mol. The fourth-order valence-corrected chi connectivity index (χ4v) is 4.07. The van der Waals surface area contributed by atoms with Gasteiger partial charge in [0.15, 0.2) is 5.76 Å². The number of pyridine rings is 1. The second-order valence-electron chi connectivity index (χ2n) is 7.04. The van der Waals surface area contributed by atoms with Gasteiger partial charge in [-0.15, -0.1) is 0 Å². The molecule has 1 saturated carbocycles. The number of rotatable bonds is 5. The van der Waals surface area contributed by atoms with Crippen molar-refractivity contribution in [3.05, 3.63) is 54.2 Å². The van der Waals surface area contributed by atoms with Crippen molar-refractivity contribution in [3.8, 4) is 0 Å². The van der Waals surface area contributed by atoms with Crippen LogP contribution in [0, 0.1) is 5.92 Å². The number of nitrogens with zero attached hydrogens (tertiary/aromatic N) is 2. The molecule has 1 aliphatic carbocycles. The van der Waals surface area contributed by atoms with Crippen LogP contribution in [0.1, 0.15) is 35.5 Å². The number of morpholine rings is 1. The van der Waals surface area contributed by atoms with Crippen LogP contribution >= 0.6 is 0 Å². The van der Waals surface area contributed by atoms with Gasteiger partial charge >= 0.3 is 0 Å². The molecule has 2 fully saturated rings. The zero-order valence-corrected chi connectivity index (χ0v) is 14.8. The van der Waals surface area contributed by atoms with E-state index < -0.39 is 0 Å². The normalized spacial score (nSPS) is 25.7. The predicted octanol–water partition coefficient (Wildman–Crippen LogP) is 2.90. The maximum Gasteiger partial charge on any atom is 0.289 e. The molecule has 4 rings (SSSR count). The van der Waals surface area contributed by atoms with E-state index in [4.69, 9.17) is 13.9 Å². The average molecular weight is 356 g/mol. The molecule has 0 unspecified atom stereocenters. The van der Waals surface area contributed by atoms with E-state index in [0.29, 0.717) is 44.6 Å². The molecule has 2 aromatic heterocycles. The van der Waals surface area contributed by atoms with Crippen molar-refractivity contribution in [1.82, 2.24) is 9.88 Å². The zero-order chi connectivity index (χ0) is 17.8. The van der Waals surface area contributed by atoms with E-state index in [9.17, 15) is 4.79 Å². The van der Waals surface area contributed by atoms with Gasteiger partial charge in [-0.2, -0.15) is 0 Å². The number of carbonyl (C=O) groups excluding carboxylic acids is 1. The number of hydrogen-bond acceptors (Lipinski definition) is 5. The third kappa shape index (κ3) is 3.52. The number of carbonyl (C=O) groups is 1. The van der Waals surface area contributed by atoms with Gasteiger partial charge in [-0.1, -0.05) is 12.5 Å². The topological polar surface area (TPSA) is 64.8 Å². The van der Waals surface area contributed by atoms with Crippen LogP contribution in [-0.2, 0) is 16.1 Å². The van der Waals surface area contributed by atoms with E-state index in [1.807, 2.05) is 23.1 Å². The van der Waals surface area contributed by atoms with Gasteiger partial charge in [-0.25, -0.2) is 0 Å². The van der Waals surface area contributed by atoms with Crippen LogP contribution < -0.4 is 0 Å². The molecule has 6 heteroatoms. The Balaban J connectivity index is 1.38. The summed E-state index contributed by atoms with van der Waals surface area (Å²) >= 11 is 0. The fourth-order valence-electron chi connectivity index (χ4n) is 4.07. The van der Waals surface area contributed by atoms with Crippen molar-refractivity contribution in [2.75, 3.05) is 26.3 Å². The lowest BCUT2D eigenvalue weighted by atomic mass is 9.89. The molecule has 0 aromatic carbocycles. The Bertz CT molecular complexity index is 719. The molecule has 0 radical (unpaired) electrons. The van der Waals surface area contributed by atoms with Gasteiger partial charge in [-0.3, -0.25) is 9.78 Å². The minimum Gasteiger partial charge on any atom is -0.459 e. The Morgan fingerprint density at radius 3 is 3.12 bits per heavy atom. The predicted molar refractivity (Wildman–Crippen MR) is 94.5 cm³/mol. The molecule has 2 aromatic rings. The number of aromatic nitrogens is 1. The SMILES string of the molecule is O=C(c1ccco1)N1CCO[C@]2(CCC[C@H]2COCc2ccccn2)C1. The van der Waals surface area contributed by atoms with E-state index in [0.717, 1.165) is 25.0 Å². The fraction of sp³-hybridized carbons (Fsp3) is 0.500. The summed E-state index contributed by atoms with van der Waals surface area (Å²) in [6.07, 6.45) is 6.43. The average Bonchev–Trinajstić information content (AvgIpc) is 3.33. The summed E-state index contributed by atoms with van der Waals surface area (Å²) in [6, 6.07) is 9.28. The lowest BCUT2D eigenvalue weighted by Gasteiger charge is -2.43. The number of amides is 1. The van der Waals surface area contributed by atoms with Gasteiger partial charge in [0.05, 0.1) is 43.9 Å². The van der Waals surface area contributed by atoms with Crippen LogP contribution in [0.5, 0.6) is 0 Å². The Hall–Kier alpha value is -2.18. The van der Waals surface area contributed by atoms with Gasteiger partial charge in [0.25, 0.3) is 5.91 Å². The first-order valence-corrected chi connectivity index (χ1v) is 9.21. The van der Waals surface area contributed by atoms with Crippen LogP contribution in [0.4, 0.5) is 0 Å². The molecule has 3 heterocycles. The number of ether oxygens (including phenoxy) is 2. The van der Waals surface area contributed by atoms with Gasteiger partial charge in [-0.05, 0) is 37.1 Å².